The predicted molar refractivity (Wildman–Crippen MR) is 144 cm³/mol. The monoisotopic (exact) mass is 580 g/mol. The summed E-state index contributed by atoms with van der Waals surface area (Å²) >= 11 is 0. The van der Waals surface area contributed by atoms with E-state index in [4.69, 9.17) is 38.9 Å². The Kier molecular flexibility index (Phi) is 19.6. The van der Waals surface area contributed by atoms with Gasteiger partial charge in [0.05, 0.1) is 52.4 Å². The molecular weight excluding hydrogens is 532 g/mol. The van der Waals surface area contributed by atoms with E-state index in [1.54, 1.807) is 41.5 Å². The molecule has 0 radical (unpaired) electrons. The third-order valence-electron chi connectivity index (χ3n) is 4.12. The van der Waals surface area contributed by atoms with Gasteiger partial charge in [-0.25, -0.2) is 9.59 Å². The average Bonchev–Trinajstić information content (AvgIpc) is 2.81. The fraction of sp³-hybridized carbons (Fsp3) is 0.840. The number of amides is 4. The molecular formula is C25H48N4O11. The van der Waals surface area contributed by atoms with Crippen LogP contribution in [0.3, 0.4) is 0 Å². The van der Waals surface area contributed by atoms with Crippen LogP contribution in [-0.2, 0) is 42.7 Å². The number of rotatable bonds is 21. The van der Waals surface area contributed by atoms with Gasteiger partial charge in [0.15, 0.2) is 0 Å². The fourth-order valence-corrected chi connectivity index (χ4v) is 2.55. The van der Waals surface area contributed by atoms with Crippen molar-refractivity contribution in [1.82, 2.24) is 16.0 Å². The molecule has 0 spiro atoms. The SMILES string of the molecule is CC(C)(C)OC(=O)NCC(CNC(=O)OC(C)(C)C)OCC(=O)NCCOCCOCCOCCOCC(N)=O. The highest BCUT2D eigenvalue weighted by Gasteiger charge is 2.21. The van der Waals surface area contributed by atoms with Crippen LogP contribution in [0.2, 0.25) is 0 Å². The van der Waals surface area contributed by atoms with E-state index in [1.807, 2.05) is 0 Å². The van der Waals surface area contributed by atoms with Gasteiger partial charge in [-0.2, -0.15) is 0 Å². The third-order valence-corrected chi connectivity index (χ3v) is 4.12. The minimum absolute atomic E-state index is 0.00475. The molecule has 40 heavy (non-hydrogen) atoms. The van der Waals surface area contributed by atoms with Crippen molar-refractivity contribution in [3.05, 3.63) is 0 Å². The molecule has 234 valence electrons. The fourth-order valence-electron chi connectivity index (χ4n) is 2.55. The van der Waals surface area contributed by atoms with Crippen molar-refractivity contribution < 1.29 is 52.3 Å². The van der Waals surface area contributed by atoms with Crippen molar-refractivity contribution in [2.45, 2.75) is 58.8 Å². The van der Waals surface area contributed by atoms with E-state index in [-0.39, 0.29) is 46.1 Å². The summed E-state index contributed by atoms with van der Waals surface area (Å²) in [7, 11) is 0. The molecule has 0 fully saturated rings. The number of hydrogen-bond donors (Lipinski definition) is 4. The molecule has 4 amide bonds. The highest BCUT2D eigenvalue weighted by molar-refractivity contribution is 5.77. The van der Waals surface area contributed by atoms with Gasteiger partial charge >= 0.3 is 12.2 Å². The van der Waals surface area contributed by atoms with Crippen LogP contribution in [0, 0.1) is 0 Å². The summed E-state index contributed by atoms with van der Waals surface area (Å²) in [5.74, 6) is -0.921. The summed E-state index contributed by atoms with van der Waals surface area (Å²) in [6, 6.07) is 0. The van der Waals surface area contributed by atoms with Crippen LogP contribution < -0.4 is 21.7 Å². The number of nitrogens with two attached hydrogens (primary N) is 1. The first-order valence-electron chi connectivity index (χ1n) is 13.1. The summed E-state index contributed by atoms with van der Waals surface area (Å²) in [6.45, 7) is 12.5. The highest BCUT2D eigenvalue weighted by atomic mass is 16.6. The number of primary amides is 1. The van der Waals surface area contributed by atoms with Crippen molar-refractivity contribution in [2.75, 3.05) is 79.1 Å². The standard InChI is InChI=1S/C25H48N4O11/c1-24(2,3)39-22(32)28-15-19(16-29-23(33)40-25(4,5)6)38-18-21(31)27-7-8-34-9-10-35-11-12-36-13-14-37-17-20(26)30/h19H,7-18H2,1-6H3,(H2,26,30)(H,27,31)(H,28,32)(H,29,33). The zero-order valence-corrected chi connectivity index (χ0v) is 24.6. The van der Waals surface area contributed by atoms with Gasteiger partial charge in [0.1, 0.15) is 24.4 Å². The van der Waals surface area contributed by atoms with Crippen LogP contribution in [-0.4, -0.2) is 120 Å². The molecule has 0 atom stereocenters. The predicted octanol–water partition coefficient (Wildman–Crippen LogP) is 0.0889. The lowest BCUT2D eigenvalue weighted by molar-refractivity contribution is -0.127. The zero-order chi connectivity index (χ0) is 30.4. The minimum atomic E-state index is -0.717. The van der Waals surface area contributed by atoms with Gasteiger partial charge in [0.2, 0.25) is 11.8 Å². The summed E-state index contributed by atoms with van der Waals surface area (Å²) in [5, 5.41) is 7.79. The molecule has 5 N–H and O–H groups in total. The van der Waals surface area contributed by atoms with E-state index in [9.17, 15) is 19.2 Å². The van der Waals surface area contributed by atoms with Gasteiger partial charge in [-0.05, 0) is 41.5 Å². The smallest absolute Gasteiger partial charge is 0.407 e. The maximum atomic E-state index is 12.1. The van der Waals surface area contributed by atoms with E-state index >= 15 is 0 Å². The van der Waals surface area contributed by atoms with E-state index in [1.165, 1.54) is 0 Å². The largest absolute Gasteiger partial charge is 0.444 e. The van der Waals surface area contributed by atoms with E-state index in [2.05, 4.69) is 16.0 Å². The van der Waals surface area contributed by atoms with Gasteiger partial charge in [-0.1, -0.05) is 0 Å². The molecule has 0 aliphatic rings. The Balaban J connectivity index is 4.10. The van der Waals surface area contributed by atoms with E-state index in [0.29, 0.717) is 33.0 Å². The Morgan fingerprint density at radius 3 is 1.48 bits per heavy atom. The molecule has 0 aliphatic carbocycles. The quantitative estimate of drug-likeness (QED) is 0.134. The van der Waals surface area contributed by atoms with Crippen molar-refractivity contribution in [3.8, 4) is 0 Å². The average molecular weight is 581 g/mol. The van der Waals surface area contributed by atoms with Crippen LogP contribution in [0.15, 0.2) is 0 Å². The Bertz CT molecular complexity index is 707. The molecule has 0 aromatic heterocycles. The van der Waals surface area contributed by atoms with Crippen molar-refractivity contribution in [1.29, 1.82) is 0 Å². The Hall–Kier alpha value is -2.72. The first-order chi connectivity index (χ1) is 18.7. The van der Waals surface area contributed by atoms with Gasteiger partial charge in [0, 0.05) is 19.6 Å². The van der Waals surface area contributed by atoms with Crippen LogP contribution in [0.25, 0.3) is 0 Å². The molecule has 0 aliphatic heterocycles. The Labute approximate surface area is 236 Å². The Morgan fingerprint density at radius 1 is 0.625 bits per heavy atom. The number of hydrogen-bond acceptors (Lipinski definition) is 11. The lowest BCUT2D eigenvalue weighted by Gasteiger charge is -2.23. The summed E-state index contributed by atoms with van der Waals surface area (Å²) in [6.07, 6.45) is -2.02. The van der Waals surface area contributed by atoms with Crippen LogP contribution in [0.1, 0.15) is 41.5 Å². The molecule has 0 rings (SSSR count). The van der Waals surface area contributed by atoms with Crippen LogP contribution >= 0.6 is 0 Å². The second kappa shape index (κ2) is 21.1. The number of carbonyl (C=O) groups is 4. The first kappa shape index (κ1) is 37.3. The molecule has 15 heteroatoms. The van der Waals surface area contributed by atoms with Crippen molar-refractivity contribution in [3.63, 3.8) is 0 Å². The molecule has 0 bridgehead atoms. The van der Waals surface area contributed by atoms with Gasteiger partial charge in [0.25, 0.3) is 0 Å². The van der Waals surface area contributed by atoms with Gasteiger partial charge in [-0.15, -0.1) is 0 Å². The minimum Gasteiger partial charge on any atom is -0.444 e. The normalized spacial score (nSPS) is 11.7. The van der Waals surface area contributed by atoms with E-state index < -0.39 is 41.3 Å². The molecule has 0 saturated heterocycles. The second-order valence-corrected chi connectivity index (χ2v) is 10.4. The maximum Gasteiger partial charge on any atom is 0.407 e. The number of nitrogens with one attached hydrogen (secondary N) is 3. The lowest BCUT2D eigenvalue weighted by atomic mass is 10.2. The highest BCUT2D eigenvalue weighted by Crippen LogP contribution is 2.07. The van der Waals surface area contributed by atoms with Crippen molar-refractivity contribution in [2.24, 2.45) is 5.73 Å². The second-order valence-electron chi connectivity index (χ2n) is 10.4. The van der Waals surface area contributed by atoms with Crippen LogP contribution in [0.4, 0.5) is 9.59 Å². The number of alkyl carbamates (subject to hydrolysis) is 2. The number of carbonyl (C=O) groups excluding carboxylic acids is 4. The molecule has 0 aromatic carbocycles. The van der Waals surface area contributed by atoms with Gasteiger partial charge < -0.3 is 54.8 Å². The molecule has 0 aromatic rings. The summed E-state index contributed by atoms with van der Waals surface area (Å²) in [5.41, 5.74) is 3.59. The zero-order valence-electron chi connectivity index (χ0n) is 24.6. The molecule has 0 unspecified atom stereocenters. The molecule has 0 heterocycles. The topological polar surface area (TPSA) is 195 Å². The Morgan fingerprint density at radius 2 is 1.05 bits per heavy atom. The number of ether oxygens (including phenoxy) is 7. The van der Waals surface area contributed by atoms with Crippen molar-refractivity contribution >= 4 is 24.0 Å². The third kappa shape index (κ3) is 26.9. The van der Waals surface area contributed by atoms with Crippen LogP contribution in [0.5, 0.6) is 0 Å². The summed E-state index contributed by atoms with van der Waals surface area (Å²) in [4.78, 5) is 46.6. The maximum absolute atomic E-state index is 12.1. The van der Waals surface area contributed by atoms with E-state index in [0.717, 1.165) is 0 Å². The lowest BCUT2D eigenvalue weighted by Crippen LogP contribution is -2.45. The molecule has 15 nitrogen and oxygen atoms in total. The molecule has 0 saturated carbocycles. The summed E-state index contributed by atoms with van der Waals surface area (Å²) < 4.78 is 36.9. The first-order valence-corrected chi connectivity index (χ1v) is 13.1. The van der Waals surface area contributed by atoms with Gasteiger partial charge in [-0.3, -0.25) is 9.59 Å².